The molecule has 1 N–H and O–H groups in total. The van der Waals surface area contributed by atoms with E-state index in [4.69, 9.17) is 4.74 Å². The van der Waals surface area contributed by atoms with E-state index < -0.39 is 0 Å². The zero-order valence-corrected chi connectivity index (χ0v) is 11.1. The van der Waals surface area contributed by atoms with Crippen molar-refractivity contribution in [1.29, 1.82) is 0 Å². The van der Waals surface area contributed by atoms with Gasteiger partial charge in [0.2, 0.25) is 0 Å². The van der Waals surface area contributed by atoms with E-state index >= 15 is 0 Å². The maximum atomic E-state index is 5.50. The Hall–Kier alpha value is -0.640. The minimum atomic E-state index is 0.538. The van der Waals surface area contributed by atoms with Crippen LogP contribution in [-0.2, 0) is 17.9 Å². The number of ether oxygens (including phenoxy) is 1. The quantitative estimate of drug-likeness (QED) is 0.582. The van der Waals surface area contributed by atoms with Gasteiger partial charge in [0.05, 0.1) is 13.2 Å². The zero-order chi connectivity index (χ0) is 11.8. The molecule has 0 bridgehead atoms. The smallest absolute Gasteiger partial charge is 0.0813 e. The lowest BCUT2D eigenvalue weighted by atomic mass is 10.3. The molecule has 0 aliphatic carbocycles. The molecule has 0 aromatic carbocycles. The number of nitrogens with one attached hydrogen (secondary N) is 1. The van der Waals surface area contributed by atoms with E-state index in [-0.39, 0.29) is 0 Å². The highest BCUT2D eigenvalue weighted by Crippen LogP contribution is 2.17. The summed E-state index contributed by atoms with van der Waals surface area (Å²) in [5.41, 5.74) is 0. The van der Waals surface area contributed by atoms with E-state index in [1.54, 1.807) is 0 Å². The van der Waals surface area contributed by atoms with Gasteiger partial charge in [-0.25, -0.2) is 0 Å². The molecule has 16 heavy (non-hydrogen) atoms. The van der Waals surface area contributed by atoms with Crippen LogP contribution in [-0.4, -0.2) is 12.6 Å². The first kappa shape index (κ1) is 13.4. The Labute approximate surface area is 102 Å². The average Bonchev–Trinajstić information content (AvgIpc) is 2.70. The van der Waals surface area contributed by atoms with Gasteiger partial charge in [0.1, 0.15) is 0 Å². The molecule has 90 valence electrons. The first-order chi connectivity index (χ1) is 7.72. The molecule has 0 atom stereocenters. The highest BCUT2D eigenvalue weighted by atomic mass is 32.1. The minimum Gasteiger partial charge on any atom is -0.372 e. The van der Waals surface area contributed by atoms with E-state index in [2.05, 4.69) is 31.3 Å². The topological polar surface area (TPSA) is 21.3 Å². The van der Waals surface area contributed by atoms with E-state index in [0.29, 0.717) is 12.6 Å². The summed E-state index contributed by atoms with van der Waals surface area (Å²) < 4.78 is 5.50. The van der Waals surface area contributed by atoms with Crippen molar-refractivity contribution < 1.29 is 4.74 Å². The second kappa shape index (κ2) is 7.60. The predicted octanol–water partition coefficient (Wildman–Crippen LogP) is 3.34. The van der Waals surface area contributed by atoms with Crippen molar-refractivity contribution in [2.75, 3.05) is 6.61 Å². The molecule has 1 aromatic rings. The summed E-state index contributed by atoms with van der Waals surface area (Å²) in [7, 11) is 0. The van der Waals surface area contributed by atoms with Crippen LogP contribution in [0.5, 0.6) is 0 Å². The van der Waals surface area contributed by atoms with Crippen molar-refractivity contribution in [3.63, 3.8) is 0 Å². The van der Waals surface area contributed by atoms with Gasteiger partial charge in [-0.2, -0.15) is 0 Å². The van der Waals surface area contributed by atoms with Crippen LogP contribution >= 0.6 is 11.3 Å². The van der Waals surface area contributed by atoms with Crippen LogP contribution in [0.1, 0.15) is 30.5 Å². The summed E-state index contributed by atoms with van der Waals surface area (Å²) in [6, 6.07) is 4.86. The Morgan fingerprint density at radius 1 is 1.38 bits per heavy atom. The molecule has 0 unspecified atom stereocenters. The van der Waals surface area contributed by atoms with Crippen molar-refractivity contribution in [3.8, 4) is 0 Å². The Morgan fingerprint density at radius 3 is 2.81 bits per heavy atom. The maximum Gasteiger partial charge on any atom is 0.0813 e. The highest BCUT2D eigenvalue weighted by Gasteiger charge is 2.00. The van der Waals surface area contributed by atoms with Crippen LogP contribution in [0.25, 0.3) is 0 Å². The lowest BCUT2D eigenvalue weighted by Crippen LogP contribution is -2.21. The van der Waals surface area contributed by atoms with Crippen LogP contribution in [0.2, 0.25) is 0 Å². The van der Waals surface area contributed by atoms with Crippen LogP contribution in [0.15, 0.2) is 24.3 Å². The van der Waals surface area contributed by atoms with Gasteiger partial charge in [-0.15, -0.1) is 11.3 Å². The monoisotopic (exact) mass is 239 g/mol. The summed E-state index contributed by atoms with van der Waals surface area (Å²) in [6.07, 6.45) is 4.03. The van der Waals surface area contributed by atoms with Gasteiger partial charge in [-0.05, 0) is 19.1 Å². The first-order valence-corrected chi connectivity index (χ1v) is 6.54. The van der Waals surface area contributed by atoms with Crippen LogP contribution in [0, 0.1) is 0 Å². The molecular formula is C13H21NOS. The molecule has 0 aliphatic rings. The molecule has 0 saturated carbocycles. The summed E-state index contributed by atoms with van der Waals surface area (Å²) >= 11 is 1.82. The largest absolute Gasteiger partial charge is 0.372 e. The molecule has 0 saturated heterocycles. The highest BCUT2D eigenvalue weighted by molar-refractivity contribution is 7.11. The Morgan fingerprint density at radius 2 is 2.12 bits per heavy atom. The van der Waals surface area contributed by atoms with Crippen LogP contribution < -0.4 is 5.32 Å². The van der Waals surface area contributed by atoms with E-state index in [9.17, 15) is 0 Å². The maximum absolute atomic E-state index is 5.50. The Kier molecular flexibility index (Phi) is 6.38. The summed E-state index contributed by atoms with van der Waals surface area (Å²) in [5, 5.41) is 3.41. The van der Waals surface area contributed by atoms with Gasteiger partial charge in [0, 0.05) is 22.3 Å². The fraction of sp³-hybridized carbons (Fsp3) is 0.538. The third-order valence-electron chi connectivity index (χ3n) is 2.10. The first-order valence-electron chi connectivity index (χ1n) is 5.72. The molecule has 1 rings (SSSR count). The molecule has 2 nitrogen and oxygen atoms in total. The van der Waals surface area contributed by atoms with Gasteiger partial charge in [0.15, 0.2) is 0 Å². The van der Waals surface area contributed by atoms with Crippen molar-refractivity contribution >= 4 is 11.3 Å². The van der Waals surface area contributed by atoms with Crippen molar-refractivity contribution in [2.45, 2.75) is 40.0 Å². The SMILES string of the molecule is C/C=C/COCc1ccc(CNC(C)C)s1. The normalized spacial score (nSPS) is 11.8. The van der Waals surface area contributed by atoms with Crippen molar-refractivity contribution in [1.82, 2.24) is 5.32 Å². The van der Waals surface area contributed by atoms with Crippen molar-refractivity contribution in [2.24, 2.45) is 0 Å². The van der Waals surface area contributed by atoms with E-state index in [1.165, 1.54) is 9.75 Å². The predicted molar refractivity (Wildman–Crippen MR) is 70.8 cm³/mol. The molecule has 1 heterocycles. The number of hydrogen-bond acceptors (Lipinski definition) is 3. The van der Waals surface area contributed by atoms with Gasteiger partial charge in [-0.3, -0.25) is 0 Å². The lowest BCUT2D eigenvalue weighted by Gasteiger charge is -2.05. The summed E-state index contributed by atoms with van der Waals surface area (Å²) in [4.78, 5) is 2.67. The number of thiophene rings is 1. The molecule has 3 heteroatoms. The lowest BCUT2D eigenvalue weighted by molar-refractivity contribution is 0.151. The van der Waals surface area contributed by atoms with Gasteiger partial charge in [-0.1, -0.05) is 26.0 Å². The van der Waals surface area contributed by atoms with E-state index in [0.717, 1.165) is 13.2 Å². The fourth-order valence-corrected chi connectivity index (χ4v) is 2.13. The number of hydrogen-bond donors (Lipinski definition) is 1. The summed E-state index contributed by atoms with van der Waals surface area (Å²) in [6.45, 7) is 8.70. The average molecular weight is 239 g/mol. The third-order valence-corrected chi connectivity index (χ3v) is 3.15. The van der Waals surface area contributed by atoms with Crippen LogP contribution in [0.4, 0.5) is 0 Å². The second-order valence-corrected chi connectivity index (χ2v) is 5.24. The number of rotatable bonds is 7. The minimum absolute atomic E-state index is 0.538. The Bertz CT molecular complexity index is 317. The molecule has 0 radical (unpaired) electrons. The molecular weight excluding hydrogens is 218 g/mol. The van der Waals surface area contributed by atoms with Gasteiger partial charge in [0.25, 0.3) is 0 Å². The van der Waals surface area contributed by atoms with Crippen molar-refractivity contribution in [3.05, 3.63) is 34.0 Å². The molecule has 0 spiro atoms. The van der Waals surface area contributed by atoms with Gasteiger partial charge >= 0.3 is 0 Å². The van der Waals surface area contributed by atoms with Gasteiger partial charge < -0.3 is 10.1 Å². The third kappa shape index (κ3) is 5.45. The summed E-state index contributed by atoms with van der Waals surface area (Å²) in [5.74, 6) is 0. The molecule has 0 fully saturated rings. The van der Waals surface area contributed by atoms with E-state index in [1.807, 2.05) is 30.4 Å². The standard InChI is InChI=1S/C13H21NOS/c1-4-5-8-15-10-13-7-6-12(16-13)9-14-11(2)3/h4-7,11,14H,8-10H2,1-3H3/b5-4+. The molecule has 0 aliphatic heterocycles. The molecule has 0 amide bonds. The number of allylic oxidation sites excluding steroid dienone is 1. The van der Waals surface area contributed by atoms with Crippen LogP contribution in [0.3, 0.4) is 0 Å². The molecule has 1 aromatic heterocycles. The second-order valence-electron chi connectivity index (χ2n) is 3.99. The zero-order valence-electron chi connectivity index (χ0n) is 10.3. The Balaban J connectivity index is 2.28. The fourth-order valence-electron chi connectivity index (χ4n) is 1.22.